The molecule has 33 heavy (non-hydrogen) atoms. The number of nitrogens with one attached hydrogen (secondary N) is 3. The molecule has 0 radical (unpaired) electrons. The summed E-state index contributed by atoms with van der Waals surface area (Å²) in [4.78, 5) is 21.4. The highest BCUT2D eigenvalue weighted by molar-refractivity contribution is 6.37. The first-order valence-electron chi connectivity index (χ1n) is 10.1. The maximum atomic E-state index is 12.7. The van der Waals surface area contributed by atoms with Crippen molar-refractivity contribution >= 4 is 46.8 Å². The van der Waals surface area contributed by atoms with Gasteiger partial charge in [-0.2, -0.15) is 0 Å². The van der Waals surface area contributed by atoms with E-state index in [1.807, 2.05) is 29.0 Å². The third kappa shape index (κ3) is 5.39. The molecule has 0 aliphatic heterocycles. The van der Waals surface area contributed by atoms with Crippen LogP contribution < -0.4 is 10.6 Å². The smallest absolute Gasteiger partial charge is 0.258 e. The van der Waals surface area contributed by atoms with Gasteiger partial charge in [0.15, 0.2) is 0 Å². The van der Waals surface area contributed by atoms with Crippen LogP contribution >= 0.6 is 23.2 Å². The average Bonchev–Trinajstić information content (AvgIpc) is 3.26. The van der Waals surface area contributed by atoms with Crippen LogP contribution in [0.4, 0.5) is 11.5 Å². The van der Waals surface area contributed by atoms with E-state index in [0.717, 1.165) is 17.6 Å². The van der Waals surface area contributed by atoms with Crippen molar-refractivity contribution in [3.63, 3.8) is 0 Å². The summed E-state index contributed by atoms with van der Waals surface area (Å²) in [6.45, 7) is 1.06. The van der Waals surface area contributed by atoms with Crippen LogP contribution in [-0.2, 0) is 13.1 Å². The van der Waals surface area contributed by atoms with Gasteiger partial charge in [-0.3, -0.25) is 4.79 Å². The summed E-state index contributed by atoms with van der Waals surface area (Å²) in [6, 6.07) is 16.8. The number of imidazole rings is 1. The minimum atomic E-state index is -0.428. The van der Waals surface area contributed by atoms with Gasteiger partial charge in [0, 0.05) is 42.1 Å². The van der Waals surface area contributed by atoms with Gasteiger partial charge in [-0.25, -0.2) is 9.97 Å². The van der Waals surface area contributed by atoms with Crippen LogP contribution in [0.15, 0.2) is 73.2 Å². The Morgan fingerprint density at radius 2 is 1.82 bits per heavy atom. The van der Waals surface area contributed by atoms with Crippen molar-refractivity contribution in [1.82, 2.24) is 14.5 Å². The molecule has 9 heteroatoms. The van der Waals surface area contributed by atoms with Crippen molar-refractivity contribution in [2.45, 2.75) is 13.1 Å². The van der Waals surface area contributed by atoms with Crippen molar-refractivity contribution < 1.29 is 4.79 Å². The van der Waals surface area contributed by atoms with Gasteiger partial charge in [-0.15, -0.1) is 0 Å². The molecule has 0 aliphatic rings. The van der Waals surface area contributed by atoms with Crippen molar-refractivity contribution in [1.29, 1.82) is 5.41 Å². The third-order valence-electron chi connectivity index (χ3n) is 4.95. The quantitative estimate of drug-likeness (QED) is 0.291. The van der Waals surface area contributed by atoms with E-state index < -0.39 is 5.91 Å². The summed E-state index contributed by atoms with van der Waals surface area (Å²) in [6.07, 6.45) is 6.11. The number of anilines is 2. The number of carbonyl (C=O) groups is 1. The number of nitrogens with zero attached hydrogens (tertiary/aromatic N) is 3. The highest BCUT2D eigenvalue weighted by Gasteiger charge is 2.18. The Hall–Kier alpha value is -3.68. The maximum absolute atomic E-state index is 12.7. The Morgan fingerprint density at radius 1 is 1.06 bits per heavy atom. The van der Waals surface area contributed by atoms with E-state index in [9.17, 15) is 4.79 Å². The average molecular weight is 479 g/mol. The summed E-state index contributed by atoms with van der Waals surface area (Å²) < 4.78 is 2.03. The Bertz CT molecular complexity index is 1270. The number of benzene rings is 2. The molecule has 4 rings (SSSR count). The zero-order chi connectivity index (χ0) is 23.2. The lowest BCUT2D eigenvalue weighted by Crippen LogP contribution is -2.16. The third-order valence-corrected chi connectivity index (χ3v) is 5.61. The van der Waals surface area contributed by atoms with E-state index >= 15 is 0 Å². The molecule has 2 heterocycles. The number of hydrogen-bond acceptors (Lipinski definition) is 5. The minimum Gasteiger partial charge on any atom is -0.362 e. The summed E-state index contributed by atoms with van der Waals surface area (Å²) in [5.41, 5.74) is 2.22. The highest BCUT2D eigenvalue weighted by atomic mass is 35.5. The maximum Gasteiger partial charge on any atom is 0.258 e. The van der Waals surface area contributed by atoms with Crippen LogP contribution in [0.25, 0.3) is 0 Å². The molecule has 0 atom stereocenters. The van der Waals surface area contributed by atoms with Gasteiger partial charge in [0.05, 0.1) is 22.7 Å². The van der Waals surface area contributed by atoms with E-state index in [1.165, 1.54) is 6.20 Å². The standard InChI is InChI=1S/C24H20Cl2N6O/c25-17-6-8-18(9-7-17)31-24(33)20-13-29-23(19(12-27)22(20)26)30-14-21-28-10-11-32(21)15-16-4-2-1-3-5-16/h1-13,27H,14-15H2,(H,29,30)(H,31,33). The molecule has 0 unspecified atom stereocenters. The summed E-state index contributed by atoms with van der Waals surface area (Å²) in [7, 11) is 0. The van der Waals surface area contributed by atoms with Gasteiger partial charge >= 0.3 is 0 Å². The normalized spacial score (nSPS) is 10.6. The largest absolute Gasteiger partial charge is 0.362 e. The molecule has 166 valence electrons. The number of hydrogen-bond donors (Lipinski definition) is 3. The van der Waals surface area contributed by atoms with Gasteiger partial charge in [-0.05, 0) is 29.8 Å². The Morgan fingerprint density at radius 3 is 2.55 bits per heavy atom. The minimum absolute atomic E-state index is 0.140. The second kappa shape index (κ2) is 10.3. The van der Waals surface area contributed by atoms with Gasteiger partial charge in [0.1, 0.15) is 11.6 Å². The van der Waals surface area contributed by atoms with Crippen LogP contribution in [0.3, 0.4) is 0 Å². The zero-order valence-corrected chi connectivity index (χ0v) is 18.9. The molecule has 4 aromatic rings. The zero-order valence-electron chi connectivity index (χ0n) is 17.4. The van der Waals surface area contributed by atoms with E-state index in [0.29, 0.717) is 35.2 Å². The fourth-order valence-electron chi connectivity index (χ4n) is 3.26. The van der Waals surface area contributed by atoms with E-state index in [4.69, 9.17) is 28.6 Å². The Balaban J connectivity index is 1.49. The lowest BCUT2D eigenvalue weighted by Gasteiger charge is -2.14. The van der Waals surface area contributed by atoms with Crippen molar-refractivity contribution in [2.75, 3.05) is 10.6 Å². The molecule has 0 saturated heterocycles. The van der Waals surface area contributed by atoms with Crippen LogP contribution in [0.1, 0.15) is 27.3 Å². The van der Waals surface area contributed by atoms with Gasteiger partial charge in [-0.1, -0.05) is 53.5 Å². The fraction of sp³-hybridized carbons (Fsp3) is 0.0833. The summed E-state index contributed by atoms with van der Waals surface area (Å²) in [5, 5.41) is 14.4. The number of rotatable bonds is 8. The lowest BCUT2D eigenvalue weighted by molar-refractivity contribution is 0.102. The Kier molecular flexibility index (Phi) is 7.02. The molecule has 0 aliphatic carbocycles. The Labute approximate surface area is 200 Å². The second-order valence-electron chi connectivity index (χ2n) is 7.16. The molecule has 0 bridgehead atoms. The van der Waals surface area contributed by atoms with Crippen LogP contribution in [-0.4, -0.2) is 26.7 Å². The van der Waals surface area contributed by atoms with Gasteiger partial charge in [0.25, 0.3) is 5.91 Å². The summed E-state index contributed by atoms with van der Waals surface area (Å²) in [5.74, 6) is 0.771. The monoisotopic (exact) mass is 478 g/mol. The molecule has 2 aromatic heterocycles. The molecular weight excluding hydrogens is 459 g/mol. The molecule has 2 aromatic carbocycles. The predicted octanol–water partition coefficient (Wildman–Crippen LogP) is 5.50. The number of aromatic nitrogens is 3. The highest BCUT2D eigenvalue weighted by Crippen LogP contribution is 2.26. The van der Waals surface area contributed by atoms with Crippen LogP contribution in [0.2, 0.25) is 10.0 Å². The first-order valence-corrected chi connectivity index (χ1v) is 10.8. The molecule has 1 amide bonds. The molecular formula is C24H20Cl2N6O. The van der Waals surface area contributed by atoms with Crippen molar-refractivity contribution in [3.8, 4) is 0 Å². The molecule has 0 spiro atoms. The van der Waals surface area contributed by atoms with Gasteiger partial charge < -0.3 is 20.6 Å². The van der Waals surface area contributed by atoms with Crippen molar-refractivity contribution in [3.05, 3.63) is 106 Å². The van der Waals surface area contributed by atoms with E-state index in [2.05, 4.69) is 32.7 Å². The predicted molar refractivity (Wildman–Crippen MR) is 132 cm³/mol. The summed E-state index contributed by atoms with van der Waals surface area (Å²) >= 11 is 12.3. The lowest BCUT2D eigenvalue weighted by atomic mass is 10.1. The number of halogens is 2. The van der Waals surface area contributed by atoms with E-state index in [-0.39, 0.29) is 10.6 Å². The fourth-order valence-corrected chi connectivity index (χ4v) is 3.67. The molecule has 7 nitrogen and oxygen atoms in total. The number of amides is 1. The molecule has 0 fully saturated rings. The molecule has 0 saturated carbocycles. The molecule has 3 N–H and O–H groups in total. The topological polar surface area (TPSA) is 95.7 Å². The number of carbonyl (C=O) groups excluding carboxylic acids is 1. The van der Waals surface area contributed by atoms with E-state index in [1.54, 1.807) is 30.5 Å². The van der Waals surface area contributed by atoms with Crippen LogP contribution in [0, 0.1) is 5.41 Å². The number of pyridine rings is 1. The second-order valence-corrected chi connectivity index (χ2v) is 7.98. The SMILES string of the molecule is N=Cc1c(NCc2nccn2Cc2ccccc2)ncc(C(=O)Nc2ccc(Cl)cc2)c1Cl. The van der Waals surface area contributed by atoms with Crippen molar-refractivity contribution in [2.24, 2.45) is 0 Å². The van der Waals surface area contributed by atoms with Crippen LogP contribution in [0.5, 0.6) is 0 Å². The van der Waals surface area contributed by atoms with Gasteiger partial charge in [0.2, 0.25) is 0 Å². The first-order chi connectivity index (χ1) is 16.0. The first kappa shape index (κ1) is 22.5.